The highest BCUT2D eigenvalue weighted by molar-refractivity contribution is 7.92. The van der Waals surface area contributed by atoms with Crippen LogP contribution in [0.3, 0.4) is 0 Å². The number of fused-ring (bicyclic) bond motifs is 1. The molecule has 2 aromatic rings. The van der Waals surface area contributed by atoms with E-state index in [4.69, 9.17) is 0 Å². The second-order valence-corrected chi connectivity index (χ2v) is 7.33. The van der Waals surface area contributed by atoms with Crippen LogP contribution in [0.2, 0.25) is 0 Å². The fourth-order valence-corrected chi connectivity index (χ4v) is 3.94. The van der Waals surface area contributed by atoms with Crippen molar-refractivity contribution >= 4 is 15.7 Å². The molecule has 1 aliphatic rings. The Hall–Kier alpha value is -1.96. The van der Waals surface area contributed by atoms with Gasteiger partial charge < -0.3 is 0 Å². The summed E-state index contributed by atoms with van der Waals surface area (Å²) in [5, 5.41) is 3.60. The van der Waals surface area contributed by atoms with Gasteiger partial charge in [0.2, 0.25) is 0 Å². The van der Waals surface area contributed by atoms with Gasteiger partial charge in [-0.1, -0.05) is 6.07 Å². The molecule has 3 rings (SSSR count). The number of alkyl halides is 2. The van der Waals surface area contributed by atoms with Crippen LogP contribution in [0, 0.1) is 0 Å². The maximum Gasteiger partial charge on any atom is 0.284 e. The summed E-state index contributed by atoms with van der Waals surface area (Å²) in [5.41, 5.74) is 1.40. The summed E-state index contributed by atoms with van der Waals surface area (Å²) >= 11 is 0. The zero-order valence-electron chi connectivity index (χ0n) is 12.6. The lowest BCUT2D eigenvalue weighted by molar-refractivity contribution is 0.146. The first-order valence-electron chi connectivity index (χ1n) is 7.33. The average Bonchev–Trinajstić information content (AvgIpc) is 2.87. The number of aromatic nitrogens is 2. The van der Waals surface area contributed by atoms with Crippen molar-refractivity contribution in [3.05, 3.63) is 41.2 Å². The number of aryl methyl sites for hydroxylation is 3. The van der Waals surface area contributed by atoms with E-state index < -0.39 is 22.1 Å². The summed E-state index contributed by atoms with van der Waals surface area (Å²) in [5.74, 6) is 0. The van der Waals surface area contributed by atoms with E-state index in [1.54, 1.807) is 12.1 Å². The third kappa shape index (κ3) is 3.21. The van der Waals surface area contributed by atoms with Crippen molar-refractivity contribution in [2.24, 2.45) is 7.05 Å². The zero-order valence-corrected chi connectivity index (χ0v) is 13.4. The van der Waals surface area contributed by atoms with Gasteiger partial charge in [-0.25, -0.2) is 17.2 Å². The van der Waals surface area contributed by atoms with Crippen LogP contribution in [0.5, 0.6) is 0 Å². The van der Waals surface area contributed by atoms with E-state index in [-0.39, 0.29) is 10.6 Å². The van der Waals surface area contributed by atoms with Crippen molar-refractivity contribution < 1.29 is 17.2 Å². The van der Waals surface area contributed by atoms with Crippen molar-refractivity contribution in [1.29, 1.82) is 0 Å². The number of anilines is 1. The number of hydrogen-bond donors (Lipinski definition) is 1. The molecule has 0 bridgehead atoms. The first-order chi connectivity index (χ1) is 10.9. The number of benzene rings is 1. The molecule has 0 atom stereocenters. The molecule has 1 heterocycles. The smallest absolute Gasteiger partial charge is 0.276 e. The largest absolute Gasteiger partial charge is 0.284 e. The van der Waals surface area contributed by atoms with Gasteiger partial charge in [0.05, 0.1) is 10.6 Å². The van der Waals surface area contributed by atoms with Crippen LogP contribution in [0.25, 0.3) is 0 Å². The maximum absolute atomic E-state index is 12.9. The average molecular weight is 341 g/mol. The highest BCUT2D eigenvalue weighted by Gasteiger charge is 2.23. The number of halogens is 2. The lowest BCUT2D eigenvalue weighted by Gasteiger charge is -2.17. The zero-order chi connectivity index (χ0) is 16.6. The van der Waals surface area contributed by atoms with E-state index in [1.807, 2.05) is 0 Å². The normalized spacial score (nSPS) is 14.8. The lowest BCUT2D eigenvalue weighted by Crippen LogP contribution is -2.15. The Morgan fingerprint density at radius 3 is 2.61 bits per heavy atom. The monoisotopic (exact) mass is 341 g/mol. The van der Waals surface area contributed by atoms with Crippen LogP contribution in [-0.2, 0) is 29.9 Å². The van der Waals surface area contributed by atoms with Gasteiger partial charge in [-0.2, -0.15) is 5.10 Å². The molecule has 1 aliphatic carbocycles. The minimum atomic E-state index is -3.93. The molecule has 1 aromatic heterocycles. The molecular formula is C15H17F2N3O2S. The molecule has 0 spiro atoms. The molecule has 0 aliphatic heterocycles. The predicted octanol–water partition coefficient (Wildman–Crippen LogP) is 3.04. The SMILES string of the molecule is Cn1cc(NS(=O)(=O)c2ccc3c(c2)CCCC3)c(C(F)F)n1. The van der Waals surface area contributed by atoms with E-state index in [2.05, 4.69) is 9.82 Å². The van der Waals surface area contributed by atoms with Gasteiger partial charge in [0.15, 0.2) is 5.69 Å². The van der Waals surface area contributed by atoms with Crippen LogP contribution in [0.1, 0.15) is 36.1 Å². The van der Waals surface area contributed by atoms with E-state index in [1.165, 1.54) is 19.3 Å². The van der Waals surface area contributed by atoms with E-state index >= 15 is 0 Å². The standard InChI is InChI=1S/C15H17F2N3O2S/c1-20-9-13(14(18-20)15(16)17)19-23(21,22)12-7-6-10-4-2-3-5-11(10)8-12/h6-9,15,19H,2-5H2,1H3. The van der Waals surface area contributed by atoms with Crippen molar-refractivity contribution in [3.63, 3.8) is 0 Å². The van der Waals surface area contributed by atoms with E-state index in [0.29, 0.717) is 0 Å². The van der Waals surface area contributed by atoms with Crippen molar-refractivity contribution in [3.8, 4) is 0 Å². The van der Waals surface area contributed by atoms with Gasteiger partial charge in [-0.05, 0) is 48.9 Å². The van der Waals surface area contributed by atoms with Crippen LogP contribution < -0.4 is 4.72 Å². The summed E-state index contributed by atoms with van der Waals surface area (Å²) < 4.78 is 54.2. The number of sulfonamides is 1. The third-order valence-electron chi connectivity index (χ3n) is 3.94. The molecule has 0 saturated carbocycles. The molecule has 0 saturated heterocycles. The maximum atomic E-state index is 12.9. The Balaban J connectivity index is 1.93. The first-order valence-corrected chi connectivity index (χ1v) is 8.81. The second kappa shape index (κ2) is 5.92. The van der Waals surface area contributed by atoms with Gasteiger partial charge in [0.1, 0.15) is 0 Å². The Kier molecular flexibility index (Phi) is 4.09. The number of rotatable bonds is 4. The molecule has 1 aromatic carbocycles. The van der Waals surface area contributed by atoms with Crippen LogP contribution in [-0.4, -0.2) is 18.2 Å². The Labute approximate surface area is 133 Å². The summed E-state index contributed by atoms with van der Waals surface area (Å²) in [6.07, 6.45) is 2.30. The number of hydrogen-bond acceptors (Lipinski definition) is 3. The molecule has 0 amide bonds. The number of nitrogens with zero attached hydrogens (tertiary/aromatic N) is 2. The highest BCUT2D eigenvalue weighted by atomic mass is 32.2. The Morgan fingerprint density at radius 1 is 1.22 bits per heavy atom. The van der Waals surface area contributed by atoms with Crippen LogP contribution >= 0.6 is 0 Å². The Bertz CT molecular complexity index is 831. The molecule has 23 heavy (non-hydrogen) atoms. The van der Waals surface area contributed by atoms with E-state index in [0.717, 1.165) is 41.5 Å². The fourth-order valence-electron chi connectivity index (χ4n) is 2.83. The fraction of sp³-hybridized carbons (Fsp3) is 0.400. The first kappa shape index (κ1) is 15.9. The second-order valence-electron chi connectivity index (χ2n) is 5.65. The molecule has 8 heteroatoms. The van der Waals surface area contributed by atoms with Crippen molar-refractivity contribution in [2.45, 2.75) is 37.0 Å². The van der Waals surface area contributed by atoms with Crippen LogP contribution in [0.15, 0.2) is 29.3 Å². The van der Waals surface area contributed by atoms with Crippen molar-refractivity contribution in [1.82, 2.24) is 9.78 Å². The van der Waals surface area contributed by atoms with Crippen molar-refractivity contribution in [2.75, 3.05) is 4.72 Å². The lowest BCUT2D eigenvalue weighted by atomic mass is 9.92. The minimum Gasteiger partial charge on any atom is -0.276 e. The van der Waals surface area contributed by atoms with Crippen LogP contribution in [0.4, 0.5) is 14.5 Å². The van der Waals surface area contributed by atoms with Gasteiger partial charge in [0.25, 0.3) is 16.4 Å². The summed E-state index contributed by atoms with van der Waals surface area (Å²) in [6.45, 7) is 0. The van der Waals surface area contributed by atoms with Gasteiger partial charge in [-0.15, -0.1) is 0 Å². The summed E-state index contributed by atoms with van der Waals surface area (Å²) in [7, 11) is -2.47. The minimum absolute atomic E-state index is 0.0854. The van der Waals surface area contributed by atoms with Gasteiger partial charge >= 0.3 is 0 Å². The Morgan fingerprint density at radius 2 is 1.91 bits per heavy atom. The summed E-state index contributed by atoms with van der Waals surface area (Å²) in [4.78, 5) is 0.0854. The van der Waals surface area contributed by atoms with E-state index in [9.17, 15) is 17.2 Å². The number of nitrogens with one attached hydrogen (secondary N) is 1. The third-order valence-corrected chi connectivity index (χ3v) is 5.30. The highest BCUT2D eigenvalue weighted by Crippen LogP contribution is 2.29. The molecule has 124 valence electrons. The van der Waals surface area contributed by atoms with Gasteiger partial charge in [0, 0.05) is 13.2 Å². The molecule has 0 fully saturated rings. The molecule has 0 radical (unpaired) electrons. The quantitative estimate of drug-likeness (QED) is 0.930. The molecule has 5 nitrogen and oxygen atoms in total. The molecule has 0 unspecified atom stereocenters. The predicted molar refractivity (Wildman–Crippen MR) is 82.1 cm³/mol. The van der Waals surface area contributed by atoms with Gasteiger partial charge in [-0.3, -0.25) is 9.40 Å². The molecule has 1 N–H and O–H groups in total. The summed E-state index contributed by atoms with van der Waals surface area (Å²) in [6, 6.07) is 4.96. The topological polar surface area (TPSA) is 64.0 Å². The molecular weight excluding hydrogens is 324 g/mol.